The zero-order valence-corrected chi connectivity index (χ0v) is 9.27. The van der Waals surface area contributed by atoms with Crippen LogP contribution in [0.3, 0.4) is 0 Å². The standard InChI is InChI=1S/C10H19N3O2/c1-3-10(7-14,8-15)11-6-9-4-5-12-13(9)2/h4-5,11,14-15H,3,6-8H2,1-2H3. The third kappa shape index (κ3) is 2.77. The molecule has 0 radical (unpaired) electrons. The fraction of sp³-hybridized carbons (Fsp3) is 0.700. The number of aromatic nitrogens is 2. The van der Waals surface area contributed by atoms with Crippen LogP contribution in [0.4, 0.5) is 0 Å². The monoisotopic (exact) mass is 213 g/mol. The van der Waals surface area contributed by atoms with Crippen LogP contribution in [0, 0.1) is 0 Å². The lowest BCUT2D eigenvalue weighted by Gasteiger charge is -2.29. The van der Waals surface area contributed by atoms with E-state index in [0.717, 1.165) is 5.69 Å². The fourth-order valence-electron chi connectivity index (χ4n) is 1.36. The molecule has 86 valence electrons. The molecule has 0 saturated carbocycles. The molecule has 15 heavy (non-hydrogen) atoms. The highest BCUT2D eigenvalue weighted by Crippen LogP contribution is 2.09. The maximum Gasteiger partial charge on any atom is 0.0648 e. The van der Waals surface area contributed by atoms with E-state index in [1.807, 2.05) is 20.0 Å². The summed E-state index contributed by atoms with van der Waals surface area (Å²) in [6, 6.07) is 1.90. The minimum absolute atomic E-state index is 0.0716. The zero-order valence-electron chi connectivity index (χ0n) is 9.27. The minimum Gasteiger partial charge on any atom is -0.394 e. The quantitative estimate of drug-likeness (QED) is 0.604. The van der Waals surface area contributed by atoms with E-state index < -0.39 is 5.54 Å². The van der Waals surface area contributed by atoms with Crippen LogP contribution in [0.15, 0.2) is 12.3 Å². The Balaban J connectivity index is 2.58. The van der Waals surface area contributed by atoms with E-state index in [4.69, 9.17) is 0 Å². The van der Waals surface area contributed by atoms with Gasteiger partial charge in [0.05, 0.1) is 24.4 Å². The van der Waals surface area contributed by atoms with Crippen LogP contribution in [0.5, 0.6) is 0 Å². The Kier molecular flexibility index (Phi) is 4.26. The maximum atomic E-state index is 9.23. The molecule has 1 rings (SSSR count). The predicted octanol–water partition coefficient (Wildman–Crippen LogP) is -0.357. The zero-order chi connectivity index (χ0) is 11.3. The fourth-order valence-corrected chi connectivity index (χ4v) is 1.36. The lowest BCUT2D eigenvalue weighted by atomic mass is 9.98. The summed E-state index contributed by atoms with van der Waals surface area (Å²) in [6.07, 6.45) is 2.40. The SMILES string of the molecule is CCC(CO)(CO)NCc1ccnn1C. The highest BCUT2D eigenvalue weighted by molar-refractivity contribution is 5.01. The van der Waals surface area contributed by atoms with E-state index >= 15 is 0 Å². The third-order valence-electron chi connectivity index (χ3n) is 2.85. The van der Waals surface area contributed by atoms with Crippen molar-refractivity contribution >= 4 is 0 Å². The number of rotatable bonds is 6. The van der Waals surface area contributed by atoms with Crippen LogP contribution in [-0.4, -0.2) is 38.7 Å². The van der Waals surface area contributed by atoms with E-state index in [2.05, 4.69) is 10.4 Å². The summed E-state index contributed by atoms with van der Waals surface area (Å²) in [7, 11) is 1.86. The molecule has 0 aliphatic carbocycles. The molecular formula is C10H19N3O2. The van der Waals surface area contributed by atoms with E-state index in [1.54, 1.807) is 10.9 Å². The first kappa shape index (κ1) is 12.2. The van der Waals surface area contributed by atoms with E-state index in [1.165, 1.54) is 0 Å². The number of hydrogen-bond acceptors (Lipinski definition) is 4. The molecule has 3 N–H and O–H groups in total. The molecule has 0 saturated heterocycles. The van der Waals surface area contributed by atoms with Gasteiger partial charge < -0.3 is 15.5 Å². The molecule has 0 aromatic carbocycles. The summed E-state index contributed by atoms with van der Waals surface area (Å²) in [5, 5.41) is 25.7. The second-order valence-electron chi connectivity index (χ2n) is 3.75. The van der Waals surface area contributed by atoms with Gasteiger partial charge in [-0.2, -0.15) is 5.10 Å². The number of aryl methyl sites for hydroxylation is 1. The number of nitrogens with one attached hydrogen (secondary N) is 1. The van der Waals surface area contributed by atoms with Crippen molar-refractivity contribution in [1.82, 2.24) is 15.1 Å². The van der Waals surface area contributed by atoms with Gasteiger partial charge in [0.25, 0.3) is 0 Å². The molecule has 0 unspecified atom stereocenters. The smallest absolute Gasteiger partial charge is 0.0648 e. The Morgan fingerprint density at radius 1 is 1.47 bits per heavy atom. The number of aliphatic hydroxyl groups is 2. The van der Waals surface area contributed by atoms with Gasteiger partial charge in [-0.15, -0.1) is 0 Å². The maximum absolute atomic E-state index is 9.23. The molecule has 0 aliphatic rings. The molecule has 0 amide bonds. The first-order valence-electron chi connectivity index (χ1n) is 5.11. The molecule has 0 aliphatic heterocycles. The first-order valence-corrected chi connectivity index (χ1v) is 5.11. The van der Waals surface area contributed by atoms with Gasteiger partial charge in [0.15, 0.2) is 0 Å². The Morgan fingerprint density at radius 2 is 2.13 bits per heavy atom. The van der Waals surface area contributed by atoms with Crippen molar-refractivity contribution < 1.29 is 10.2 Å². The molecule has 0 fully saturated rings. The van der Waals surface area contributed by atoms with Gasteiger partial charge >= 0.3 is 0 Å². The summed E-state index contributed by atoms with van der Waals surface area (Å²) < 4.78 is 1.77. The van der Waals surface area contributed by atoms with E-state index in [9.17, 15) is 10.2 Å². The van der Waals surface area contributed by atoms with Gasteiger partial charge in [0, 0.05) is 19.8 Å². The molecule has 1 aromatic heterocycles. The highest BCUT2D eigenvalue weighted by Gasteiger charge is 2.25. The summed E-state index contributed by atoms with van der Waals surface area (Å²) in [4.78, 5) is 0. The van der Waals surface area contributed by atoms with Gasteiger partial charge in [-0.25, -0.2) is 0 Å². The van der Waals surface area contributed by atoms with Crippen molar-refractivity contribution in [2.75, 3.05) is 13.2 Å². The average molecular weight is 213 g/mol. The van der Waals surface area contributed by atoms with Crippen molar-refractivity contribution in [1.29, 1.82) is 0 Å². The van der Waals surface area contributed by atoms with Gasteiger partial charge in [-0.05, 0) is 12.5 Å². The average Bonchev–Trinajstić information content (AvgIpc) is 2.67. The van der Waals surface area contributed by atoms with Crippen LogP contribution < -0.4 is 5.32 Å². The molecule has 0 spiro atoms. The normalized spacial score (nSPS) is 12.0. The number of nitrogens with zero attached hydrogens (tertiary/aromatic N) is 2. The third-order valence-corrected chi connectivity index (χ3v) is 2.85. The molecule has 0 bridgehead atoms. The van der Waals surface area contributed by atoms with Crippen LogP contribution in [0.25, 0.3) is 0 Å². The topological polar surface area (TPSA) is 70.3 Å². The summed E-state index contributed by atoms with van der Waals surface area (Å²) in [5.74, 6) is 0. The Hall–Kier alpha value is -0.910. The van der Waals surface area contributed by atoms with Crippen molar-refractivity contribution in [3.8, 4) is 0 Å². The largest absolute Gasteiger partial charge is 0.394 e. The minimum atomic E-state index is -0.593. The van der Waals surface area contributed by atoms with E-state index in [0.29, 0.717) is 13.0 Å². The predicted molar refractivity (Wildman–Crippen MR) is 57.2 cm³/mol. The van der Waals surface area contributed by atoms with Crippen LogP contribution in [-0.2, 0) is 13.6 Å². The molecule has 5 heteroatoms. The Bertz CT molecular complexity index is 286. The van der Waals surface area contributed by atoms with Crippen molar-refractivity contribution in [2.24, 2.45) is 7.05 Å². The van der Waals surface area contributed by atoms with Gasteiger partial charge in [-0.3, -0.25) is 4.68 Å². The van der Waals surface area contributed by atoms with Gasteiger partial charge in [0.1, 0.15) is 0 Å². The number of hydrogen-bond donors (Lipinski definition) is 3. The summed E-state index contributed by atoms with van der Waals surface area (Å²) in [6.45, 7) is 2.38. The molecule has 1 aromatic rings. The van der Waals surface area contributed by atoms with Gasteiger partial charge in [-0.1, -0.05) is 6.92 Å². The molecule has 0 atom stereocenters. The molecular weight excluding hydrogens is 194 g/mol. The van der Waals surface area contributed by atoms with Crippen molar-refractivity contribution in [2.45, 2.75) is 25.4 Å². The summed E-state index contributed by atoms with van der Waals surface area (Å²) >= 11 is 0. The molecule has 1 heterocycles. The van der Waals surface area contributed by atoms with Gasteiger partial charge in [0.2, 0.25) is 0 Å². The lowest BCUT2D eigenvalue weighted by molar-refractivity contribution is 0.0858. The highest BCUT2D eigenvalue weighted by atomic mass is 16.3. The second kappa shape index (κ2) is 5.25. The van der Waals surface area contributed by atoms with Crippen LogP contribution >= 0.6 is 0 Å². The van der Waals surface area contributed by atoms with Crippen LogP contribution in [0.1, 0.15) is 19.0 Å². The van der Waals surface area contributed by atoms with Crippen molar-refractivity contribution in [3.63, 3.8) is 0 Å². The van der Waals surface area contributed by atoms with E-state index in [-0.39, 0.29) is 13.2 Å². The lowest BCUT2D eigenvalue weighted by Crippen LogP contribution is -2.50. The Labute approximate surface area is 89.7 Å². The summed E-state index contributed by atoms with van der Waals surface area (Å²) in [5.41, 5.74) is 0.430. The second-order valence-corrected chi connectivity index (χ2v) is 3.75. The van der Waals surface area contributed by atoms with Crippen LogP contribution in [0.2, 0.25) is 0 Å². The Morgan fingerprint density at radius 3 is 2.53 bits per heavy atom. The first-order chi connectivity index (χ1) is 7.17. The van der Waals surface area contributed by atoms with Crippen molar-refractivity contribution in [3.05, 3.63) is 18.0 Å². The number of aliphatic hydroxyl groups excluding tert-OH is 2. The molecule has 5 nitrogen and oxygen atoms in total.